The molecule has 0 aliphatic carbocycles. The molecule has 0 aliphatic heterocycles. The predicted molar refractivity (Wildman–Crippen MR) is 74.5 cm³/mol. The predicted octanol–water partition coefficient (Wildman–Crippen LogP) is 3.57. The summed E-state index contributed by atoms with van der Waals surface area (Å²) in [6.07, 6.45) is 2.60. The second kappa shape index (κ2) is 6.69. The second-order valence-corrected chi connectivity index (χ2v) is 4.06. The Morgan fingerprint density at radius 1 is 0.857 bits per heavy atom. The van der Waals surface area contributed by atoms with Crippen LogP contribution in [0.1, 0.15) is 11.1 Å². The second-order valence-electron chi connectivity index (χ2n) is 4.06. The van der Waals surface area contributed by atoms with E-state index >= 15 is 0 Å². The molecular formula is C15H11F3N2O. The highest BCUT2D eigenvalue weighted by Gasteiger charge is 2.09. The Bertz CT molecular complexity index is 659. The summed E-state index contributed by atoms with van der Waals surface area (Å²) in [5.74, 6) is -3.33. The Morgan fingerprint density at radius 2 is 1.38 bits per heavy atom. The van der Waals surface area contributed by atoms with Gasteiger partial charge in [-0.1, -0.05) is 0 Å². The first-order chi connectivity index (χ1) is 10.1. The van der Waals surface area contributed by atoms with Crippen molar-refractivity contribution in [1.29, 1.82) is 0 Å². The molecule has 0 atom stereocenters. The summed E-state index contributed by atoms with van der Waals surface area (Å²) < 4.78 is 43.7. The van der Waals surface area contributed by atoms with E-state index in [1.807, 2.05) is 0 Å². The molecule has 0 radical (unpaired) electrons. The van der Waals surface area contributed by atoms with Gasteiger partial charge in [-0.25, -0.2) is 13.2 Å². The van der Waals surface area contributed by atoms with Crippen LogP contribution in [0.25, 0.3) is 0 Å². The zero-order valence-corrected chi connectivity index (χ0v) is 11.1. The molecule has 2 aromatic rings. The van der Waals surface area contributed by atoms with E-state index < -0.39 is 17.5 Å². The normalized spacial score (nSPS) is 11.4. The lowest BCUT2D eigenvalue weighted by atomic mass is 10.2. The van der Waals surface area contributed by atoms with E-state index in [2.05, 4.69) is 10.2 Å². The smallest absolute Gasteiger partial charge is 0.194 e. The largest absolute Gasteiger partial charge is 0.497 e. The van der Waals surface area contributed by atoms with E-state index in [0.717, 1.165) is 23.9 Å². The van der Waals surface area contributed by atoms with Crippen molar-refractivity contribution < 1.29 is 17.9 Å². The quantitative estimate of drug-likeness (QED) is 0.482. The lowest BCUT2D eigenvalue weighted by molar-refractivity contribution is 0.415. The molecule has 0 unspecified atom stereocenters. The van der Waals surface area contributed by atoms with Gasteiger partial charge in [0.25, 0.3) is 0 Å². The number of halogens is 3. The average Bonchev–Trinajstić information content (AvgIpc) is 2.49. The van der Waals surface area contributed by atoms with Gasteiger partial charge in [0.05, 0.1) is 19.5 Å². The summed E-state index contributed by atoms with van der Waals surface area (Å²) in [7, 11) is 1.56. The lowest BCUT2D eigenvalue weighted by Crippen LogP contribution is -1.93. The van der Waals surface area contributed by atoms with Gasteiger partial charge in [0.1, 0.15) is 5.75 Å². The van der Waals surface area contributed by atoms with Crippen LogP contribution in [0.5, 0.6) is 5.75 Å². The fourth-order valence-corrected chi connectivity index (χ4v) is 1.54. The molecule has 0 spiro atoms. The first-order valence-corrected chi connectivity index (χ1v) is 5.95. The Morgan fingerprint density at radius 3 is 1.90 bits per heavy atom. The maximum Gasteiger partial charge on any atom is 0.194 e. The number of benzene rings is 2. The third-order valence-electron chi connectivity index (χ3n) is 2.60. The highest BCUT2D eigenvalue weighted by molar-refractivity contribution is 5.82. The third-order valence-corrected chi connectivity index (χ3v) is 2.60. The van der Waals surface area contributed by atoms with Gasteiger partial charge in [-0.2, -0.15) is 10.2 Å². The molecule has 0 amide bonds. The first-order valence-electron chi connectivity index (χ1n) is 5.95. The van der Waals surface area contributed by atoms with Gasteiger partial charge < -0.3 is 4.74 Å². The summed E-state index contributed by atoms with van der Waals surface area (Å²) in [4.78, 5) is 0. The average molecular weight is 292 g/mol. The van der Waals surface area contributed by atoms with Gasteiger partial charge in [-0.15, -0.1) is 0 Å². The standard InChI is InChI=1S/C15H11F3N2O/c1-21-12-4-2-10(3-5-12)8-19-20-9-11-6-13(16)15(18)14(17)7-11/h2-9H,1H3/b19-8+,20-9+. The highest BCUT2D eigenvalue weighted by Crippen LogP contribution is 2.12. The summed E-state index contributed by atoms with van der Waals surface area (Å²) in [5, 5.41) is 7.39. The van der Waals surface area contributed by atoms with Crippen molar-refractivity contribution in [2.24, 2.45) is 10.2 Å². The zero-order chi connectivity index (χ0) is 15.2. The molecule has 0 saturated carbocycles. The van der Waals surface area contributed by atoms with Crippen molar-refractivity contribution in [2.75, 3.05) is 7.11 Å². The van der Waals surface area contributed by atoms with Crippen LogP contribution in [0.3, 0.4) is 0 Å². The van der Waals surface area contributed by atoms with E-state index in [4.69, 9.17) is 4.74 Å². The SMILES string of the molecule is COc1ccc(/C=N/N=C/c2cc(F)c(F)c(F)c2)cc1. The first kappa shape index (κ1) is 14.8. The molecule has 2 rings (SSSR count). The molecule has 0 N–H and O–H groups in total. The number of nitrogens with zero attached hydrogens (tertiary/aromatic N) is 2. The molecule has 108 valence electrons. The number of methoxy groups -OCH3 is 1. The Balaban J connectivity index is 2.06. The highest BCUT2D eigenvalue weighted by atomic mass is 19.2. The summed E-state index contributed by atoms with van der Waals surface area (Å²) in [6.45, 7) is 0. The fourth-order valence-electron chi connectivity index (χ4n) is 1.54. The summed E-state index contributed by atoms with van der Waals surface area (Å²) in [5.41, 5.74) is 0.864. The molecule has 0 bridgehead atoms. The fraction of sp³-hybridized carbons (Fsp3) is 0.0667. The van der Waals surface area contributed by atoms with Crippen molar-refractivity contribution in [3.05, 3.63) is 65.0 Å². The van der Waals surface area contributed by atoms with Crippen LogP contribution >= 0.6 is 0 Å². The van der Waals surface area contributed by atoms with Crippen LogP contribution in [0.4, 0.5) is 13.2 Å². The van der Waals surface area contributed by atoms with E-state index in [0.29, 0.717) is 5.75 Å². The van der Waals surface area contributed by atoms with Gasteiger partial charge >= 0.3 is 0 Å². The zero-order valence-electron chi connectivity index (χ0n) is 11.1. The molecular weight excluding hydrogens is 281 g/mol. The monoisotopic (exact) mass is 292 g/mol. The van der Waals surface area contributed by atoms with Crippen LogP contribution in [0, 0.1) is 17.5 Å². The molecule has 3 nitrogen and oxygen atoms in total. The van der Waals surface area contributed by atoms with Crippen LogP contribution in [0.15, 0.2) is 46.6 Å². The maximum absolute atomic E-state index is 13.0. The number of rotatable bonds is 4. The third kappa shape index (κ3) is 3.92. The number of hydrogen-bond donors (Lipinski definition) is 0. The minimum atomic E-state index is -1.51. The van der Waals surface area contributed by atoms with Crippen molar-refractivity contribution in [3.8, 4) is 5.75 Å². The van der Waals surface area contributed by atoms with E-state index in [1.54, 1.807) is 31.4 Å². The summed E-state index contributed by atoms with van der Waals surface area (Å²) in [6, 6.07) is 8.74. The Hall–Kier alpha value is -2.63. The minimum absolute atomic E-state index is 0.0817. The van der Waals surface area contributed by atoms with Gasteiger partial charge in [-0.05, 0) is 42.0 Å². The van der Waals surface area contributed by atoms with Crippen molar-refractivity contribution in [1.82, 2.24) is 0 Å². The Kier molecular flexibility index (Phi) is 4.71. The molecule has 0 fully saturated rings. The van der Waals surface area contributed by atoms with Crippen molar-refractivity contribution >= 4 is 12.4 Å². The van der Waals surface area contributed by atoms with Crippen LogP contribution in [-0.4, -0.2) is 19.5 Å². The molecule has 21 heavy (non-hydrogen) atoms. The minimum Gasteiger partial charge on any atom is -0.497 e. The Labute approximate surface area is 119 Å². The van der Waals surface area contributed by atoms with Crippen molar-refractivity contribution in [2.45, 2.75) is 0 Å². The molecule has 6 heteroatoms. The van der Waals surface area contributed by atoms with Gasteiger partial charge in [-0.3, -0.25) is 0 Å². The van der Waals surface area contributed by atoms with Crippen LogP contribution in [0.2, 0.25) is 0 Å². The molecule has 0 saturated heterocycles. The van der Waals surface area contributed by atoms with E-state index in [-0.39, 0.29) is 5.56 Å². The van der Waals surface area contributed by atoms with Crippen LogP contribution < -0.4 is 4.74 Å². The van der Waals surface area contributed by atoms with E-state index in [9.17, 15) is 13.2 Å². The molecule has 0 aromatic heterocycles. The van der Waals surface area contributed by atoms with Gasteiger partial charge in [0.2, 0.25) is 0 Å². The number of ether oxygens (including phenoxy) is 1. The topological polar surface area (TPSA) is 34.0 Å². The summed E-state index contributed by atoms with van der Waals surface area (Å²) >= 11 is 0. The van der Waals surface area contributed by atoms with Gasteiger partial charge in [0.15, 0.2) is 17.5 Å². The molecule has 2 aromatic carbocycles. The molecule has 0 aliphatic rings. The van der Waals surface area contributed by atoms with Crippen LogP contribution in [-0.2, 0) is 0 Å². The van der Waals surface area contributed by atoms with E-state index in [1.165, 1.54) is 6.21 Å². The maximum atomic E-state index is 13.0. The lowest BCUT2D eigenvalue weighted by Gasteiger charge is -1.98. The van der Waals surface area contributed by atoms with Crippen molar-refractivity contribution in [3.63, 3.8) is 0 Å². The number of hydrogen-bond acceptors (Lipinski definition) is 3. The van der Waals surface area contributed by atoms with Gasteiger partial charge in [0, 0.05) is 5.56 Å². The molecule has 0 heterocycles.